The summed E-state index contributed by atoms with van der Waals surface area (Å²) >= 11 is 0. The number of carbonyl (C=O) groups is 1. The summed E-state index contributed by atoms with van der Waals surface area (Å²) in [5.74, 6) is 0.592. The summed E-state index contributed by atoms with van der Waals surface area (Å²) in [7, 11) is 0. The molecule has 132 valence electrons. The van der Waals surface area contributed by atoms with Crippen molar-refractivity contribution in [3.05, 3.63) is 71.8 Å². The highest BCUT2D eigenvalue weighted by molar-refractivity contribution is 5.76. The number of carbonyl (C=O) groups excluding carboxylic acids is 1. The predicted molar refractivity (Wildman–Crippen MR) is 102 cm³/mol. The third kappa shape index (κ3) is 4.49. The van der Waals surface area contributed by atoms with Crippen LogP contribution in [0.4, 0.5) is 0 Å². The molecule has 25 heavy (non-hydrogen) atoms. The van der Waals surface area contributed by atoms with Crippen LogP contribution in [-0.2, 0) is 4.79 Å². The van der Waals surface area contributed by atoms with Crippen molar-refractivity contribution >= 4 is 5.91 Å². The second-order valence-corrected chi connectivity index (χ2v) is 7.21. The standard InChI is InChI=1S/C22H28N2O/c1-16(24-21(25)15-19-13-8-14-20(19)23)22(17-9-4-2-5-10-17)18-11-6-3-7-12-18/h2-7,9-12,16,19-20,22H,8,13-15,23H2,1H3,(H,24,25)/t16?,19-,20+/m0/s1. The Morgan fingerprint density at radius 2 is 1.60 bits per heavy atom. The number of amides is 1. The number of nitrogens with one attached hydrogen (secondary N) is 1. The first-order valence-electron chi connectivity index (χ1n) is 9.30. The highest BCUT2D eigenvalue weighted by Gasteiger charge is 2.28. The molecule has 1 aliphatic rings. The Kier molecular flexibility index (Phi) is 5.87. The lowest BCUT2D eigenvalue weighted by Crippen LogP contribution is -2.39. The van der Waals surface area contributed by atoms with E-state index in [2.05, 4.69) is 60.8 Å². The van der Waals surface area contributed by atoms with Crippen LogP contribution in [0.15, 0.2) is 60.7 Å². The minimum atomic E-state index is 0.0231. The topological polar surface area (TPSA) is 55.1 Å². The molecular weight excluding hydrogens is 308 g/mol. The SMILES string of the molecule is CC(NC(=O)C[C@@H]1CCC[C@H]1N)C(c1ccccc1)c1ccccc1. The maximum Gasteiger partial charge on any atom is 0.220 e. The second kappa shape index (κ2) is 8.30. The van der Waals surface area contributed by atoms with Gasteiger partial charge in [-0.05, 0) is 36.8 Å². The molecule has 1 aliphatic carbocycles. The van der Waals surface area contributed by atoms with Crippen molar-refractivity contribution in [2.45, 2.75) is 50.6 Å². The molecule has 3 rings (SSSR count). The molecule has 3 nitrogen and oxygen atoms in total. The molecule has 1 unspecified atom stereocenters. The van der Waals surface area contributed by atoms with Crippen LogP contribution in [0.5, 0.6) is 0 Å². The summed E-state index contributed by atoms with van der Waals surface area (Å²) in [5.41, 5.74) is 8.56. The van der Waals surface area contributed by atoms with E-state index in [0.29, 0.717) is 12.3 Å². The zero-order chi connectivity index (χ0) is 17.6. The summed E-state index contributed by atoms with van der Waals surface area (Å²) in [6, 6.07) is 21.0. The highest BCUT2D eigenvalue weighted by atomic mass is 16.1. The Morgan fingerprint density at radius 1 is 1.04 bits per heavy atom. The molecule has 2 aromatic carbocycles. The van der Waals surface area contributed by atoms with E-state index in [0.717, 1.165) is 19.3 Å². The van der Waals surface area contributed by atoms with Gasteiger partial charge in [0.25, 0.3) is 0 Å². The smallest absolute Gasteiger partial charge is 0.220 e. The van der Waals surface area contributed by atoms with Crippen molar-refractivity contribution in [3.63, 3.8) is 0 Å². The third-order valence-corrected chi connectivity index (χ3v) is 5.37. The van der Waals surface area contributed by atoms with Crippen LogP contribution in [0.3, 0.4) is 0 Å². The summed E-state index contributed by atoms with van der Waals surface area (Å²) < 4.78 is 0. The van der Waals surface area contributed by atoms with Gasteiger partial charge in [-0.15, -0.1) is 0 Å². The molecule has 3 atom stereocenters. The van der Waals surface area contributed by atoms with E-state index in [1.54, 1.807) is 0 Å². The first kappa shape index (κ1) is 17.7. The van der Waals surface area contributed by atoms with Crippen molar-refractivity contribution in [1.29, 1.82) is 0 Å². The van der Waals surface area contributed by atoms with E-state index in [4.69, 9.17) is 5.73 Å². The lowest BCUT2D eigenvalue weighted by molar-refractivity contribution is -0.122. The molecular formula is C22H28N2O. The van der Waals surface area contributed by atoms with Gasteiger partial charge >= 0.3 is 0 Å². The largest absolute Gasteiger partial charge is 0.353 e. The quantitative estimate of drug-likeness (QED) is 0.842. The summed E-state index contributed by atoms with van der Waals surface area (Å²) in [6.45, 7) is 2.09. The van der Waals surface area contributed by atoms with Crippen LogP contribution in [0.25, 0.3) is 0 Å². The second-order valence-electron chi connectivity index (χ2n) is 7.21. The Labute approximate surface area is 150 Å². The molecule has 1 fully saturated rings. The number of hydrogen-bond donors (Lipinski definition) is 2. The highest BCUT2D eigenvalue weighted by Crippen LogP contribution is 2.29. The monoisotopic (exact) mass is 336 g/mol. The maximum atomic E-state index is 12.6. The maximum absolute atomic E-state index is 12.6. The van der Waals surface area contributed by atoms with Crippen molar-refractivity contribution in [3.8, 4) is 0 Å². The molecule has 2 aromatic rings. The van der Waals surface area contributed by atoms with E-state index < -0.39 is 0 Å². The molecule has 1 saturated carbocycles. The molecule has 0 aromatic heterocycles. The summed E-state index contributed by atoms with van der Waals surface area (Å²) in [5, 5.41) is 3.23. The van der Waals surface area contributed by atoms with Crippen molar-refractivity contribution in [1.82, 2.24) is 5.32 Å². The average molecular weight is 336 g/mol. The van der Waals surface area contributed by atoms with E-state index >= 15 is 0 Å². The molecule has 0 spiro atoms. The summed E-state index contributed by atoms with van der Waals surface area (Å²) in [4.78, 5) is 12.6. The van der Waals surface area contributed by atoms with Gasteiger partial charge in [-0.2, -0.15) is 0 Å². The third-order valence-electron chi connectivity index (χ3n) is 5.37. The van der Waals surface area contributed by atoms with E-state index in [1.165, 1.54) is 11.1 Å². The number of rotatable bonds is 6. The molecule has 0 radical (unpaired) electrons. The molecule has 3 N–H and O–H groups in total. The Morgan fingerprint density at radius 3 is 2.08 bits per heavy atom. The molecule has 1 amide bonds. The van der Waals surface area contributed by atoms with Crippen LogP contribution in [0, 0.1) is 5.92 Å². The van der Waals surface area contributed by atoms with Crippen LogP contribution in [-0.4, -0.2) is 18.0 Å². The molecule has 3 heteroatoms. The fourth-order valence-corrected chi connectivity index (χ4v) is 4.04. The molecule has 0 heterocycles. The Balaban J connectivity index is 1.73. The molecule has 0 bridgehead atoms. The first-order chi connectivity index (χ1) is 12.1. The van der Waals surface area contributed by atoms with Gasteiger partial charge in [-0.3, -0.25) is 4.79 Å². The lowest BCUT2D eigenvalue weighted by atomic mass is 9.85. The van der Waals surface area contributed by atoms with Crippen molar-refractivity contribution in [2.24, 2.45) is 11.7 Å². The van der Waals surface area contributed by atoms with E-state index in [-0.39, 0.29) is 23.9 Å². The fourth-order valence-electron chi connectivity index (χ4n) is 4.04. The van der Waals surface area contributed by atoms with Gasteiger partial charge in [0.05, 0.1) is 0 Å². The first-order valence-corrected chi connectivity index (χ1v) is 9.30. The Bertz CT molecular complexity index is 631. The van der Waals surface area contributed by atoms with Crippen LogP contribution < -0.4 is 11.1 Å². The number of hydrogen-bond acceptors (Lipinski definition) is 2. The van der Waals surface area contributed by atoms with E-state index in [1.807, 2.05) is 12.1 Å². The van der Waals surface area contributed by atoms with Gasteiger partial charge in [0.15, 0.2) is 0 Å². The van der Waals surface area contributed by atoms with Gasteiger partial charge in [-0.25, -0.2) is 0 Å². The van der Waals surface area contributed by atoms with Crippen molar-refractivity contribution in [2.75, 3.05) is 0 Å². The molecule has 0 aliphatic heterocycles. The summed E-state index contributed by atoms with van der Waals surface area (Å²) in [6.07, 6.45) is 3.81. The van der Waals surface area contributed by atoms with Crippen LogP contribution in [0.2, 0.25) is 0 Å². The number of nitrogens with two attached hydrogens (primary N) is 1. The zero-order valence-corrected chi connectivity index (χ0v) is 14.9. The minimum absolute atomic E-state index is 0.0231. The predicted octanol–water partition coefficient (Wildman–Crippen LogP) is 3.84. The normalized spacial score (nSPS) is 21.2. The zero-order valence-electron chi connectivity index (χ0n) is 14.9. The van der Waals surface area contributed by atoms with Gasteiger partial charge in [-0.1, -0.05) is 67.1 Å². The number of benzene rings is 2. The van der Waals surface area contributed by atoms with Gasteiger partial charge in [0.2, 0.25) is 5.91 Å². The average Bonchev–Trinajstić information content (AvgIpc) is 3.01. The van der Waals surface area contributed by atoms with Gasteiger partial charge in [0.1, 0.15) is 0 Å². The molecule has 0 saturated heterocycles. The fraction of sp³-hybridized carbons (Fsp3) is 0.409. The van der Waals surface area contributed by atoms with Gasteiger partial charge in [0, 0.05) is 24.4 Å². The van der Waals surface area contributed by atoms with Crippen LogP contribution >= 0.6 is 0 Å². The van der Waals surface area contributed by atoms with E-state index in [9.17, 15) is 4.79 Å². The van der Waals surface area contributed by atoms with Gasteiger partial charge < -0.3 is 11.1 Å². The Hall–Kier alpha value is -2.13. The van der Waals surface area contributed by atoms with Crippen LogP contribution in [0.1, 0.15) is 49.7 Å². The minimum Gasteiger partial charge on any atom is -0.353 e. The lowest BCUT2D eigenvalue weighted by Gasteiger charge is -2.27. The van der Waals surface area contributed by atoms with Crippen molar-refractivity contribution < 1.29 is 4.79 Å².